The van der Waals surface area contributed by atoms with Crippen molar-refractivity contribution in [2.45, 2.75) is 12.0 Å². The Morgan fingerprint density at radius 1 is 1.59 bits per heavy atom. The summed E-state index contributed by atoms with van der Waals surface area (Å²) in [5.74, 6) is 1.59. The van der Waals surface area contributed by atoms with Gasteiger partial charge in [-0.3, -0.25) is 0 Å². The van der Waals surface area contributed by atoms with Crippen LogP contribution in [0.5, 0.6) is 0 Å². The molecule has 3 nitrogen and oxygen atoms in total. The van der Waals surface area contributed by atoms with E-state index in [0.717, 1.165) is 23.3 Å². The topological polar surface area (TPSA) is 47.6 Å². The first-order chi connectivity index (χ1) is 8.21. The van der Waals surface area contributed by atoms with Crippen molar-refractivity contribution in [1.29, 1.82) is 0 Å². The van der Waals surface area contributed by atoms with Crippen molar-refractivity contribution in [1.82, 2.24) is 0 Å². The minimum Gasteiger partial charge on any atom is -0.379 e. The van der Waals surface area contributed by atoms with E-state index >= 15 is 0 Å². The summed E-state index contributed by atoms with van der Waals surface area (Å²) < 4.78 is 6.79. The normalized spacial score (nSPS) is 33.0. The van der Waals surface area contributed by atoms with Gasteiger partial charge in [0.05, 0.1) is 6.61 Å². The maximum atomic E-state index is 5.92. The van der Waals surface area contributed by atoms with E-state index in [9.17, 15) is 0 Å². The standard InChI is InChI=1S/C11H13BrN2OS2/c12-8-3-9(16-5-8)11-6-15-2-1-7(11)4-17-10(13)14-11/h3,5,7H,1-2,4,6H2,(H2,13,14). The maximum Gasteiger partial charge on any atom is 0.154 e. The van der Waals surface area contributed by atoms with Crippen LogP contribution in [-0.2, 0) is 10.3 Å². The number of hydrogen-bond donors (Lipinski definition) is 1. The molecule has 0 bridgehead atoms. The molecule has 2 aliphatic rings. The highest BCUT2D eigenvalue weighted by Crippen LogP contribution is 2.46. The number of aliphatic imine (C=N–C) groups is 1. The Balaban J connectivity index is 2.07. The number of ether oxygens (including phenoxy) is 1. The molecule has 0 radical (unpaired) electrons. The molecule has 1 aromatic heterocycles. The number of halogens is 1. The number of rotatable bonds is 1. The van der Waals surface area contributed by atoms with Crippen molar-refractivity contribution >= 4 is 44.2 Å². The number of amidine groups is 1. The van der Waals surface area contributed by atoms with Gasteiger partial charge in [0.25, 0.3) is 0 Å². The van der Waals surface area contributed by atoms with Crippen LogP contribution in [-0.4, -0.2) is 24.1 Å². The summed E-state index contributed by atoms with van der Waals surface area (Å²) in [6, 6.07) is 2.15. The van der Waals surface area contributed by atoms with Gasteiger partial charge in [0.1, 0.15) is 5.54 Å². The molecule has 0 saturated carbocycles. The predicted molar refractivity (Wildman–Crippen MR) is 76.7 cm³/mol. The lowest BCUT2D eigenvalue weighted by Gasteiger charge is -2.42. The SMILES string of the molecule is NC1=NC2(c3cc(Br)cs3)COCCC2CS1. The van der Waals surface area contributed by atoms with Crippen molar-refractivity contribution < 1.29 is 4.74 Å². The van der Waals surface area contributed by atoms with Crippen LogP contribution in [0.2, 0.25) is 0 Å². The van der Waals surface area contributed by atoms with Gasteiger partial charge in [-0.1, -0.05) is 11.8 Å². The zero-order valence-corrected chi connectivity index (χ0v) is 12.4. The fraction of sp³-hybridized carbons (Fsp3) is 0.545. The molecule has 1 fully saturated rings. The van der Waals surface area contributed by atoms with Gasteiger partial charge in [-0.25, -0.2) is 4.99 Å². The predicted octanol–water partition coefficient (Wildman–Crippen LogP) is 2.80. The second-order valence-electron chi connectivity index (χ2n) is 4.35. The Morgan fingerprint density at radius 3 is 3.24 bits per heavy atom. The first-order valence-corrected chi connectivity index (χ1v) is 8.17. The monoisotopic (exact) mass is 332 g/mol. The third-order valence-corrected chi connectivity index (χ3v) is 6.16. The van der Waals surface area contributed by atoms with E-state index in [4.69, 9.17) is 15.5 Å². The zero-order valence-electron chi connectivity index (χ0n) is 9.19. The van der Waals surface area contributed by atoms with Crippen molar-refractivity contribution in [3.05, 3.63) is 20.8 Å². The summed E-state index contributed by atoms with van der Waals surface area (Å²) in [6.07, 6.45) is 1.07. The van der Waals surface area contributed by atoms with E-state index in [1.165, 1.54) is 4.88 Å². The summed E-state index contributed by atoms with van der Waals surface area (Å²) in [5, 5.41) is 2.79. The van der Waals surface area contributed by atoms with Gasteiger partial charge in [0.2, 0.25) is 0 Å². The fourth-order valence-electron chi connectivity index (χ4n) is 2.44. The van der Waals surface area contributed by atoms with Gasteiger partial charge in [-0.15, -0.1) is 11.3 Å². The highest BCUT2D eigenvalue weighted by molar-refractivity contribution is 9.10. The van der Waals surface area contributed by atoms with Gasteiger partial charge >= 0.3 is 0 Å². The highest BCUT2D eigenvalue weighted by Gasteiger charge is 2.46. The number of hydrogen-bond acceptors (Lipinski definition) is 5. The molecule has 0 aromatic carbocycles. The van der Waals surface area contributed by atoms with Crippen LogP contribution < -0.4 is 5.73 Å². The molecule has 0 aliphatic carbocycles. The molecule has 17 heavy (non-hydrogen) atoms. The molecule has 2 aliphatic heterocycles. The largest absolute Gasteiger partial charge is 0.379 e. The van der Waals surface area contributed by atoms with Gasteiger partial charge in [-0.2, -0.15) is 0 Å². The lowest BCUT2D eigenvalue weighted by atomic mass is 9.81. The van der Waals surface area contributed by atoms with Crippen molar-refractivity contribution in [2.75, 3.05) is 19.0 Å². The summed E-state index contributed by atoms with van der Waals surface area (Å²) in [7, 11) is 0. The van der Waals surface area contributed by atoms with E-state index in [2.05, 4.69) is 27.4 Å². The summed E-state index contributed by atoms with van der Waals surface area (Å²) in [6.45, 7) is 1.50. The Labute approximate surface area is 117 Å². The number of nitrogens with zero attached hydrogens (tertiary/aromatic N) is 1. The molecule has 92 valence electrons. The molecule has 6 heteroatoms. The first-order valence-electron chi connectivity index (χ1n) is 5.51. The second-order valence-corrected chi connectivity index (χ2v) is 7.22. The van der Waals surface area contributed by atoms with Crippen LogP contribution in [0.1, 0.15) is 11.3 Å². The Hall–Kier alpha value is -0.0400. The van der Waals surface area contributed by atoms with E-state index in [1.807, 2.05) is 0 Å². The van der Waals surface area contributed by atoms with E-state index in [-0.39, 0.29) is 5.54 Å². The highest BCUT2D eigenvalue weighted by atomic mass is 79.9. The van der Waals surface area contributed by atoms with Gasteiger partial charge in [-0.05, 0) is 28.4 Å². The molecule has 0 amide bonds. The third-order valence-electron chi connectivity index (χ3n) is 3.34. The van der Waals surface area contributed by atoms with E-state index in [1.54, 1.807) is 23.1 Å². The minimum absolute atomic E-state index is 0.232. The van der Waals surface area contributed by atoms with Crippen molar-refractivity contribution in [3.8, 4) is 0 Å². The minimum atomic E-state index is -0.232. The summed E-state index contributed by atoms with van der Waals surface area (Å²) in [5.41, 5.74) is 5.69. The van der Waals surface area contributed by atoms with Crippen LogP contribution in [0.25, 0.3) is 0 Å². The van der Waals surface area contributed by atoms with Crippen molar-refractivity contribution in [2.24, 2.45) is 16.6 Å². The fourth-order valence-corrected chi connectivity index (χ4v) is 5.12. The molecule has 3 heterocycles. The lowest BCUT2D eigenvalue weighted by Crippen LogP contribution is -2.47. The smallest absolute Gasteiger partial charge is 0.154 e. The molecule has 1 aromatic rings. The number of thioether (sulfide) groups is 1. The number of thiophene rings is 1. The molecule has 1 saturated heterocycles. The van der Waals surface area contributed by atoms with Crippen LogP contribution in [0.4, 0.5) is 0 Å². The van der Waals surface area contributed by atoms with Crippen LogP contribution in [0.15, 0.2) is 20.9 Å². The summed E-state index contributed by atoms with van der Waals surface area (Å²) in [4.78, 5) is 6.00. The van der Waals surface area contributed by atoms with Crippen molar-refractivity contribution in [3.63, 3.8) is 0 Å². The maximum absolute atomic E-state index is 5.92. The molecular formula is C11H13BrN2OS2. The molecule has 2 unspecified atom stereocenters. The lowest BCUT2D eigenvalue weighted by molar-refractivity contribution is 0.00610. The van der Waals surface area contributed by atoms with Gasteiger partial charge in [0.15, 0.2) is 5.17 Å². The van der Waals surface area contributed by atoms with Crippen LogP contribution in [0, 0.1) is 5.92 Å². The quantitative estimate of drug-likeness (QED) is 0.860. The first kappa shape index (κ1) is 12.0. The van der Waals surface area contributed by atoms with E-state index in [0.29, 0.717) is 17.7 Å². The third kappa shape index (κ3) is 2.05. The van der Waals surface area contributed by atoms with Crippen LogP contribution in [0.3, 0.4) is 0 Å². The Kier molecular flexibility index (Phi) is 3.23. The number of fused-ring (bicyclic) bond motifs is 1. The van der Waals surface area contributed by atoms with Gasteiger partial charge in [0, 0.05) is 33.0 Å². The average Bonchev–Trinajstić information content (AvgIpc) is 2.76. The average molecular weight is 333 g/mol. The Morgan fingerprint density at radius 2 is 2.47 bits per heavy atom. The molecule has 3 rings (SSSR count). The second kappa shape index (κ2) is 4.57. The summed E-state index contributed by atoms with van der Waals surface area (Å²) >= 11 is 6.92. The van der Waals surface area contributed by atoms with E-state index < -0.39 is 0 Å². The molecule has 2 atom stereocenters. The molecule has 2 N–H and O–H groups in total. The zero-order chi connectivity index (χ0) is 11.9. The molecule has 0 spiro atoms. The molecular weight excluding hydrogens is 320 g/mol. The Bertz CT molecular complexity index is 462. The van der Waals surface area contributed by atoms with Crippen LogP contribution >= 0.6 is 39.0 Å². The number of nitrogens with two attached hydrogens (primary N) is 1. The van der Waals surface area contributed by atoms with Gasteiger partial charge < -0.3 is 10.5 Å².